The number of sulfonamides is 1. The third kappa shape index (κ3) is 3.68. The number of benzene rings is 1. The van der Waals surface area contributed by atoms with Gasteiger partial charge in [0, 0.05) is 24.4 Å². The lowest BCUT2D eigenvalue weighted by molar-refractivity contribution is 0.311. The molecule has 2 aromatic heterocycles. The Morgan fingerprint density at radius 1 is 1.03 bits per heavy atom. The number of hydrogen-bond donors (Lipinski definition) is 0. The second-order valence-corrected chi connectivity index (χ2v) is 10.5. The summed E-state index contributed by atoms with van der Waals surface area (Å²) in [5.41, 5.74) is 2.00. The maximum absolute atomic E-state index is 12.9. The van der Waals surface area contributed by atoms with Crippen LogP contribution in [0.3, 0.4) is 0 Å². The molecule has 0 aliphatic carbocycles. The van der Waals surface area contributed by atoms with E-state index in [0.717, 1.165) is 11.5 Å². The maximum atomic E-state index is 12.9. The monoisotopic (exact) mass is 424 g/mol. The number of nitriles is 1. The van der Waals surface area contributed by atoms with Crippen molar-refractivity contribution in [2.24, 2.45) is 0 Å². The van der Waals surface area contributed by atoms with Crippen LogP contribution in [0.5, 0.6) is 0 Å². The number of fused-ring (bicyclic) bond motifs is 1. The van der Waals surface area contributed by atoms with Crippen molar-refractivity contribution < 1.29 is 8.42 Å². The van der Waals surface area contributed by atoms with Crippen LogP contribution < -0.4 is 0 Å². The van der Waals surface area contributed by atoms with Crippen LogP contribution in [-0.4, -0.2) is 45.6 Å². The van der Waals surface area contributed by atoms with E-state index in [-0.39, 0.29) is 16.2 Å². The van der Waals surface area contributed by atoms with Gasteiger partial charge in [-0.3, -0.25) is 0 Å². The number of nitrogens with zero attached hydrogens (tertiary/aromatic N) is 6. The van der Waals surface area contributed by atoms with Gasteiger partial charge in [0.25, 0.3) is 0 Å². The smallest absolute Gasteiger partial charge is 0.207 e. The first kappa shape index (κ1) is 20.4. The molecular formula is C21H24N6O2S. The van der Waals surface area contributed by atoms with Crippen molar-refractivity contribution in [3.8, 4) is 6.07 Å². The largest absolute Gasteiger partial charge is 0.243 e. The molecule has 3 heterocycles. The lowest BCUT2D eigenvalue weighted by Gasteiger charge is -2.30. The minimum Gasteiger partial charge on any atom is -0.207 e. The highest BCUT2D eigenvalue weighted by Gasteiger charge is 2.32. The molecule has 0 amide bonds. The van der Waals surface area contributed by atoms with Crippen LogP contribution >= 0.6 is 0 Å². The van der Waals surface area contributed by atoms with Crippen LogP contribution in [0.2, 0.25) is 0 Å². The second-order valence-electron chi connectivity index (χ2n) is 8.61. The lowest BCUT2D eigenvalue weighted by Crippen LogP contribution is -2.38. The first-order chi connectivity index (χ1) is 14.2. The van der Waals surface area contributed by atoms with Gasteiger partial charge in [0.2, 0.25) is 10.0 Å². The summed E-state index contributed by atoms with van der Waals surface area (Å²) in [6.07, 6.45) is 1.30. The third-order valence-electron chi connectivity index (χ3n) is 5.50. The average molecular weight is 425 g/mol. The van der Waals surface area contributed by atoms with Gasteiger partial charge in [0.15, 0.2) is 11.5 Å². The van der Waals surface area contributed by atoms with Gasteiger partial charge in [0.05, 0.1) is 22.2 Å². The summed E-state index contributed by atoms with van der Waals surface area (Å²) in [4.78, 5) is 0.212. The standard InChI is InChI=1S/C21H24N6O2S/c1-21(2,3)18-8-9-19-23-24-20(27(19)25-18)16-10-12-26(13-11-16)30(28,29)17-6-4-15(14-22)5-7-17/h4-9,16H,10-13H2,1-3H3. The second kappa shape index (κ2) is 7.45. The zero-order chi connectivity index (χ0) is 21.5. The Kier molecular flexibility index (Phi) is 5.08. The van der Waals surface area contributed by atoms with E-state index < -0.39 is 10.0 Å². The van der Waals surface area contributed by atoms with Gasteiger partial charge in [0.1, 0.15) is 0 Å². The SMILES string of the molecule is CC(C)(C)c1ccc2nnc(C3CCN(S(=O)(=O)c4ccc(C#N)cc4)CC3)n2n1. The van der Waals surface area contributed by atoms with Gasteiger partial charge in [-0.1, -0.05) is 20.8 Å². The molecule has 1 aliphatic heterocycles. The Hall–Kier alpha value is -2.83. The summed E-state index contributed by atoms with van der Waals surface area (Å²) in [7, 11) is -3.58. The maximum Gasteiger partial charge on any atom is 0.243 e. The van der Waals surface area contributed by atoms with Crippen molar-refractivity contribution in [3.63, 3.8) is 0 Å². The molecule has 0 N–H and O–H groups in total. The molecular weight excluding hydrogens is 400 g/mol. The van der Waals surface area contributed by atoms with Crippen LogP contribution in [-0.2, 0) is 15.4 Å². The number of piperidine rings is 1. The Bertz CT molecular complexity index is 1210. The van der Waals surface area contributed by atoms with Crippen LogP contribution in [0.1, 0.15) is 56.6 Å². The first-order valence-electron chi connectivity index (χ1n) is 9.93. The fourth-order valence-corrected chi connectivity index (χ4v) is 5.13. The molecule has 1 aromatic carbocycles. The third-order valence-corrected chi connectivity index (χ3v) is 7.41. The minimum absolute atomic E-state index is 0.0890. The van der Waals surface area contributed by atoms with Crippen molar-refractivity contribution in [1.29, 1.82) is 5.26 Å². The van der Waals surface area contributed by atoms with Gasteiger partial charge >= 0.3 is 0 Å². The van der Waals surface area contributed by atoms with E-state index in [9.17, 15) is 8.42 Å². The summed E-state index contributed by atoms with van der Waals surface area (Å²) in [6, 6.07) is 11.9. The molecule has 9 heteroatoms. The van der Waals surface area contributed by atoms with Gasteiger partial charge in [-0.2, -0.15) is 19.2 Å². The van der Waals surface area contributed by atoms with E-state index in [1.807, 2.05) is 18.2 Å². The number of aromatic nitrogens is 4. The summed E-state index contributed by atoms with van der Waals surface area (Å²) >= 11 is 0. The van der Waals surface area contributed by atoms with Crippen molar-refractivity contribution in [2.45, 2.75) is 49.8 Å². The van der Waals surface area contributed by atoms with E-state index in [2.05, 4.69) is 31.0 Å². The topological polar surface area (TPSA) is 104 Å². The van der Waals surface area contributed by atoms with Crippen LogP contribution in [0.4, 0.5) is 0 Å². The van der Waals surface area contributed by atoms with E-state index >= 15 is 0 Å². The molecule has 0 atom stereocenters. The molecule has 30 heavy (non-hydrogen) atoms. The molecule has 8 nitrogen and oxygen atoms in total. The Balaban J connectivity index is 1.54. The van der Waals surface area contributed by atoms with Gasteiger partial charge < -0.3 is 0 Å². The summed E-state index contributed by atoms with van der Waals surface area (Å²) in [5.74, 6) is 0.877. The molecule has 0 bridgehead atoms. The van der Waals surface area contributed by atoms with E-state index in [1.165, 1.54) is 28.6 Å². The Labute approximate surface area is 176 Å². The fourth-order valence-electron chi connectivity index (χ4n) is 3.66. The predicted octanol–water partition coefficient (Wildman–Crippen LogP) is 2.86. The molecule has 3 aromatic rings. The lowest BCUT2D eigenvalue weighted by atomic mass is 9.92. The van der Waals surface area contributed by atoms with Gasteiger partial charge in [-0.05, 0) is 49.2 Å². The molecule has 0 unspecified atom stereocenters. The fraction of sp³-hybridized carbons (Fsp3) is 0.429. The van der Waals surface area contributed by atoms with E-state index in [0.29, 0.717) is 37.1 Å². The highest BCUT2D eigenvalue weighted by atomic mass is 32.2. The Morgan fingerprint density at radius 3 is 2.30 bits per heavy atom. The van der Waals surface area contributed by atoms with Gasteiger partial charge in [-0.25, -0.2) is 8.42 Å². The quantitative estimate of drug-likeness (QED) is 0.640. The van der Waals surface area contributed by atoms with E-state index in [1.54, 1.807) is 4.52 Å². The summed E-state index contributed by atoms with van der Waals surface area (Å²) in [6.45, 7) is 7.13. The van der Waals surface area contributed by atoms with Crippen LogP contribution in [0.15, 0.2) is 41.3 Å². The van der Waals surface area contributed by atoms with Crippen LogP contribution in [0.25, 0.3) is 5.65 Å². The zero-order valence-corrected chi connectivity index (χ0v) is 18.1. The first-order valence-corrected chi connectivity index (χ1v) is 11.4. The number of rotatable bonds is 3. The average Bonchev–Trinajstić information content (AvgIpc) is 3.16. The molecule has 1 fully saturated rings. The highest BCUT2D eigenvalue weighted by molar-refractivity contribution is 7.89. The molecule has 0 radical (unpaired) electrons. The van der Waals surface area contributed by atoms with Crippen molar-refractivity contribution in [3.05, 3.63) is 53.5 Å². The minimum atomic E-state index is -3.58. The normalized spacial score (nSPS) is 16.6. The molecule has 156 valence electrons. The van der Waals surface area contributed by atoms with Crippen molar-refractivity contribution in [1.82, 2.24) is 24.1 Å². The molecule has 0 saturated carbocycles. The summed E-state index contributed by atoms with van der Waals surface area (Å²) < 4.78 is 29.2. The van der Waals surface area contributed by atoms with Crippen molar-refractivity contribution in [2.75, 3.05) is 13.1 Å². The predicted molar refractivity (Wildman–Crippen MR) is 111 cm³/mol. The molecule has 1 aliphatic rings. The molecule has 1 saturated heterocycles. The van der Waals surface area contributed by atoms with Crippen LogP contribution in [0, 0.1) is 11.3 Å². The van der Waals surface area contributed by atoms with E-state index in [4.69, 9.17) is 10.4 Å². The molecule has 0 spiro atoms. The number of hydrogen-bond acceptors (Lipinski definition) is 6. The van der Waals surface area contributed by atoms with Gasteiger partial charge in [-0.15, -0.1) is 10.2 Å². The summed E-state index contributed by atoms with van der Waals surface area (Å²) in [5, 5.41) is 22.3. The molecule has 4 rings (SSSR count). The zero-order valence-electron chi connectivity index (χ0n) is 17.3. The van der Waals surface area contributed by atoms with Crippen molar-refractivity contribution >= 4 is 15.7 Å². The Morgan fingerprint density at radius 2 is 1.70 bits per heavy atom. The highest BCUT2D eigenvalue weighted by Crippen LogP contribution is 2.30.